The minimum atomic E-state index is 0.208. The molecule has 5 nitrogen and oxygen atoms in total. The molecule has 0 unspecified atom stereocenters. The molecule has 0 spiro atoms. The van der Waals surface area contributed by atoms with Crippen LogP contribution in [-0.2, 0) is 11.2 Å². The van der Waals surface area contributed by atoms with Crippen molar-refractivity contribution in [2.45, 2.75) is 25.7 Å². The summed E-state index contributed by atoms with van der Waals surface area (Å²) >= 11 is 0. The van der Waals surface area contributed by atoms with Crippen molar-refractivity contribution in [2.75, 3.05) is 19.6 Å². The molecule has 17 heavy (non-hydrogen) atoms. The molecule has 1 amide bonds. The van der Waals surface area contributed by atoms with E-state index in [4.69, 9.17) is 0 Å². The number of hydrogen-bond donors (Lipinski definition) is 3. The fourth-order valence-electron chi connectivity index (χ4n) is 2.13. The number of piperidine rings is 1. The summed E-state index contributed by atoms with van der Waals surface area (Å²) in [6.45, 7) is 2.67. The van der Waals surface area contributed by atoms with Gasteiger partial charge in [0.05, 0.1) is 0 Å². The summed E-state index contributed by atoms with van der Waals surface area (Å²) < 4.78 is 0. The Kier molecular flexibility index (Phi) is 4.55. The van der Waals surface area contributed by atoms with Crippen molar-refractivity contribution < 1.29 is 4.79 Å². The molecule has 1 fully saturated rings. The van der Waals surface area contributed by atoms with Gasteiger partial charge in [-0.2, -0.15) is 0 Å². The van der Waals surface area contributed by atoms with Gasteiger partial charge in [-0.1, -0.05) is 0 Å². The fourth-order valence-corrected chi connectivity index (χ4v) is 2.13. The van der Waals surface area contributed by atoms with Gasteiger partial charge in [-0.3, -0.25) is 4.79 Å². The molecule has 0 saturated carbocycles. The Labute approximate surface area is 101 Å². The SMILES string of the molecule is O=C(NCCCc1ncc[nH]1)C1CCNCC1. The first-order valence-corrected chi connectivity index (χ1v) is 6.33. The van der Waals surface area contributed by atoms with Crippen LogP contribution in [0.2, 0.25) is 0 Å². The molecule has 0 aliphatic carbocycles. The van der Waals surface area contributed by atoms with Crippen molar-refractivity contribution in [1.29, 1.82) is 0 Å². The molecule has 1 saturated heterocycles. The topological polar surface area (TPSA) is 69.8 Å². The smallest absolute Gasteiger partial charge is 0.223 e. The molecule has 1 aliphatic heterocycles. The molecule has 5 heteroatoms. The molecule has 2 heterocycles. The van der Waals surface area contributed by atoms with Crippen LogP contribution in [0.4, 0.5) is 0 Å². The highest BCUT2D eigenvalue weighted by Crippen LogP contribution is 2.11. The number of carbonyl (C=O) groups is 1. The maximum absolute atomic E-state index is 11.8. The monoisotopic (exact) mass is 236 g/mol. The lowest BCUT2D eigenvalue weighted by Crippen LogP contribution is -2.38. The van der Waals surface area contributed by atoms with Crippen LogP contribution >= 0.6 is 0 Å². The molecule has 0 aromatic carbocycles. The van der Waals surface area contributed by atoms with E-state index in [1.807, 2.05) is 6.20 Å². The number of hydrogen-bond acceptors (Lipinski definition) is 3. The van der Waals surface area contributed by atoms with Gasteiger partial charge in [0.25, 0.3) is 0 Å². The van der Waals surface area contributed by atoms with Gasteiger partial charge in [0.2, 0.25) is 5.91 Å². The number of carbonyl (C=O) groups excluding carboxylic acids is 1. The lowest BCUT2D eigenvalue weighted by molar-refractivity contribution is -0.125. The number of rotatable bonds is 5. The Morgan fingerprint density at radius 2 is 2.29 bits per heavy atom. The Morgan fingerprint density at radius 3 is 3.00 bits per heavy atom. The van der Waals surface area contributed by atoms with E-state index in [0.717, 1.165) is 51.1 Å². The molecule has 1 aliphatic rings. The predicted molar refractivity (Wildman–Crippen MR) is 65.5 cm³/mol. The van der Waals surface area contributed by atoms with E-state index in [2.05, 4.69) is 20.6 Å². The van der Waals surface area contributed by atoms with Crippen LogP contribution in [0.5, 0.6) is 0 Å². The summed E-state index contributed by atoms with van der Waals surface area (Å²) in [4.78, 5) is 19.0. The Bertz CT molecular complexity index is 330. The average molecular weight is 236 g/mol. The third kappa shape index (κ3) is 3.85. The predicted octanol–water partition coefficient (Wildman–Crippen LogP) is 0.458. The van der Waals surface area contributed by atoms with Gasteiger partial charge in [0.1, 0.15) is 5.82 Å². The number of aromatic nitrogens is 2. The molecule has 1 aromatic heterocycles. The minimum Gasteiger partial charge on any atom is -0.356 e. The van der Waals surface area contributed by atoms with E-state index in [9.17, 15) is 4.79 Å². The molecular formula is C12H20N4O. The van der Waals surface area contributed by atoms with Gasteiger partial charge in [-0.25, -0.2) is 4.98 Å². The zero-order valence-electron chi connectivity index (χ0n) is 10.0. The second kappa shape index (κ2) is 6.39. The summed E-state index contributed by atoms with van der Waals surface area (Å²) in [6, 6.07) is 0. The lowest BCUT2D eigenvalue weighted by Gasteiger charge is -2.21. The van der Waals surface area contributed by atoms with Gasteiger partial charge < -0.3 is 15.6 Å². The van der Waals surface area contributed by atoms with E-state index in [-0.39, 0.29) is 11.8 Å². The van der Waals surface area contributed by atoms with Crippen molar-refractivity contribution >= 4 is 5.91 Å². The molecule has 0 radical (unpaired) electrons. The molecular weight excluding hydrogens is 216 g/mol. The van der Waals surface area contributed by atoms with Crippen molar-refractivity contribution in [2.24, 2.45) is 5.92 Å². The standard InChI is InChI=1S/C12H20N4O/c17-12(10-3-6-13-7-4-10)16-5-1-2-11-14-8-9-15-11/h8-10,13H,1-7H2,(H,14,15)(H,16,17). The van der Waals surface area contributed by atoms with Gasteiger partial charge in [0.15, 0.2) is 0 Å². The van der Waals surface area contributed by atoms with Crippen LogP contribution in [0.3, 0.4) is 0 Å². The van der Waals surface area contributed by atoms with E-state index in [0.29, 0.717) is 0 Å². The first-order chi connectivity index (χ1) is 8.36. The second-order valence-corrected chi connectivity index (χ2v) is 4.45. The number of aromatic amines is 1. The summed E-state index contributed by atoms with van der Waals surface area (Å²) in [7, 11) is 0. The van der Waals surface area contributed by atoms with E-state index in [1.165, 1.54) is 0 Å². The zero-order chi connectivity index (χ0) is 11.9. The fraction of sp³-hybridized carbons (Fsp3) is 0.667. The van der Waals surface area contributed by atoms with Crippen LogP contribution in [0.25, 0.3) is 0 Å². The largest absolute Gasteiger partial charge is 0.356 e. The quantitative estimate of drug-likeness (QED) is 0.650. The number of nitrogens with one attached hydrogen (secondary N) is 3. The zero-order valence-corrected chi connectivity index (χ0v) is 10.0. The summed E-state index contributed by atoms with van der Waals surface area (Å²) in [5.74, 6) is 1.41. The molecule has 94 valence electrons. The van der Waals surface area contributed by atoms with Crippen molar-refractivity contribution in [3.63, 3.8) is 0 Å². The minimum absolute atomic E-state index is 0.208. The summed E-state index contributed by atoms with van der Waals surface area (Å²) in [5.41, 5.74) is 0. The normalized spacial score (nSPS) is 16.9. The highest BCUT2D eigenvalue weighted by atomic mass is 16.1. The molecule has 3 N–H and O–H groups in total. The third-order valence-electron chi connectivity index (χ3n) is 3.15. The summed E-state index contributed by atoms with van der Waals surface area (Å²) in [6.07, 6.45) is 7.32. The average Bonchev–Trinajstić information content (AvgIpc) is 2.88. The maximum atomic E-state index is 11.8. The van der Waals surface area contributed by atoms with Crippen molar-refractivity contribution in [3.8, 4) is 0 Å². The van der Waals surface area contributed by atoms with Crippen LogP contribution in [0.1, 0.15) is 25.1 Å². The van der Waals surface area contributed by atoms with Crippen LogP contribution in [-0.4, -0.2) is 35.5 Å². The molecule has 0 bridgehead atoms. The van der Waals surface area contributed by atoms with Gasteiger partial charge >= 0.3 is 0 Å². The van der Waals surface area contributed by atoms with Crippen LogP contribution in [0.15, 0.2) is 12.4 Å². The number of imidazole rings is 1. The highest BCUT2D eigenvalue weighted by Gasteiger charge is 2.19. The maximum Gasteiger partial charge on any atom is 0.223 e. The van der Waals surface area contributed by atoms with Crippen molar-refractivity contribution in [1.82, 2.24) is 20.6 Å². The van der Waals surface area contributed by atoms with Gasteiger partial charge in [0, 0.05) is 31.3 Å². The van der Waals surface area contributed by atoms with E-state index in [1.54, 1.807) is 6.20 Å². The molecule has 2 rings (SSSR count). The lowest BCUT2D eigenvalue weighted by atomic mass is 9.97. The summed E-state index contributed by atoms with van der Waals surface area (Å²) in [5, 5.41) is 6.27. The first kappa shape index (κ1) is 12.1. The first-order valence-electron chi connectivity index (χ1n) is 6.33. The number of nitrogens with zero attached hydrogens (tertiary/aromatic N) is 1. The second-order valence-electron chi connectivity index (χ2n) is 4.45. The van der Waals surface area contributed by atoms with Gasteiger partial charge in [-0.15, -0.1) is 0 Å². The van der Waals surface area contributed by atoms with Gasteiger partial charge in [-0.05, 0) is 32.4 Å². The number of amides is 1. The van der Waals surface area contributed by atoms with Crippen LogP contribution < -0.4 is 10.6 Å². The third-order valence-corrected chi connectivity index (χ3v) is 3.15. The van der Waals surface area contributed by atoms with E-state index >= 15 is 0 Å². The molecule has 1 aromatic rings. The van der Waals surface area contributed by atoms with E-state index < -0.39 is 0 Å². The Morgan fingerprint density at radius 1 is 1.47 bits per heavy atom. The Hall–Kier alpha value is -1.36. The highest BCUT2D eigenvalue weighted by molar-refractivity contribution is 5.78. The van der Waals surface area contributed by atoms with Crippen molar-refractivity contribution in [3.05, 3.63) is 18.2 Å². The number of H-pyrrole nitrogens is 1. The Balaban J connectivity index is 1.59. The molecule has 0 atom stereocenters. The number of aryl methyl sites for hydroxylation is 1. The van der Waals surface area contributed by atoms with Crippen LogP contribution in [0, 0.1) is 5.92 Å².